The van der Waals surface area contributed by atoms with E-state index in [2.05, 4.69) is 0 Å². The standard InChI is InChI=1S/C17H17ClN2O4S/c18-14-5-3-13(4-6-14)16(21)12-19-11-15(7-8-17(19)22)25(23,24)20-9-1-2-10-20/h3-8,11H,1-2,9-10,12H2. The van der Waals surface area contributed by atoms with Crippen LogP contribution in [0, 0.1) is 0 Å². The van der Waals surface area contributed by atoms with Crippen molar-refractivity contribution in [2.45, 2.75) is 24.3 Å². The number of sulfonamides is 1. The molecule has 0 N–H and O–H groups in total. The molecule has 1 aliphatic rings. The van der Waals surface area contributed by atoms with E-state index in [1.54, 1.807) is 24.3 Å². The lowest BCUT2D eigenvalue weighted by Crippen LogP contribution is -2.30. The normalized spacial score (nSPS) is 15.4. The van der Waals surface area contributed by atoms with Crippen LogP contribution in [-0.4, -0.2) is 36.2 Å². The minimum Gasteiger partial charge on any atom is -0.306 e. The summed E-state index contributed by atoms with van der Waals surface area (Å²) in [5.41, 5.74) is -0.0215. The number of pyridine rings is 1. The number of carbonyl (C=O) groups excluding carboxylic acids is 1. The molecule has 0 unspecified atom stereocenters. The minimum absolute atomic E-state index is 0.0258. The molecule has 0 atom stereocenters. The summed E-state index contributed by atoms with van der Waals surface area (Å²) in [7, 11) is -3.64. The molecule has 0 radical (unpaired) electrons. The Bertz CT molecular complexity index is 945. The number of Topliss-reactive ketones (excluding diaryl/α,β-unsaturated/α-hetero) is 1. The summed E-state index contributed by atoms with van der Waals surface area (Å²) in [5, 5.41) is 0.507. The van der Waals surface area contributed by atoms with Crippen molar-refractivity contribution < 1.29 is 13.2 Å². The molecule has 0 spiro atoms. The highest BCUT2D eigenvalue weighted by molar-refractivity contribution is 7.89. The molecule has 1 fully saturated rings. The minimum atomic E-state index is -3.64. The predicted molar refractivity (Wildman–Crippen MR) is 94.5 cm³/mol. The molecule has 0 amide bonds. The van der Waals surface area contributed by atoms with Crippen molar-refractivity contribution in [2.24, 2.45) is 0 Å². The van der Waals surface area contributed by atoms with E-state index in [0.717, 1.165) is 17.4 Å². The largest absolute Gasteiger partial charge is 0.306 e. The van der Waals surface area contributed by atoms with Gasteiger partial charge in [-0.15, -0.1) is 0 Å². The zero-order valence-corrected chi connectivity index (χ0v) is 15.0. The molecule has 1 aromatic carbocycles. The second kappa shape index (κ2) is 7.11. The maximum atomic E-state index is 12.6. The van der Waals surface area contributed by atoms with Crippen LogP contribution in [0.5, 0.6) is 0 Å². The first-order valence-electron chi connectivity index (χ1n) is 7.87. The first kappa shape index (κ1) is 17.8. The molecule has 3 rings (SSSR count). The molecule has 0 aliphatic carbocycles. The van der Waals surface area contributed by atoms with Crippen LogP contribution in [-0.2, 0) is 16.6 Å². The van der Waals surface area contributed by atoms with Crippen molar-refractivity contribution in [1.82, 2.24) is 8.87 Å². The smallest absolute Gasteiger partial charge is 0.251 e. The Hall–Kier alpha value is -1.96. The Labute approximate surface area is 150 Å². The first-order chi connectivity index (χ1) is 11.9. The van der Waals surface area contributed by atoms with Gasteiger partial charge in [0.25, 0.3) is 5.56 Å². The highest BCUT2D eigenvalue weighted by Gasteiger charge is 2.27. The molecule has 0 saturated carbocycles. The average Bonchev–Trinajstić information content (AvgIpc) is 3.12. The fraction of sp³-hybridized carbons (Fsp3) is 0.294. The number of hydrogen-bond acceptors (Lipinski definition) is 4. The van der Waals surface area contributed by atoms with E-state index in [-0.39, 0.29) is 17.2 Å². The maximum absolute atomic E-state index is 12.6. The fourth-order valence-electron chi connectivity index (χ4n) is 2.74. The number of hydrogen-bond donors (Lipinski definition) is 0. The quantitative estimate of drug-likeness (QED) is 0.745. The van der Waals surface area contributed by atoms with Gasteiger partial charge >= 0.3 is 0 Å². The van der Waals surface area contributed by atoms with Gasteiger partial charge in [-0.05, 0) is 43.2 Å². The Balaban J connectivity index is 1.88. The van der Waals surface area contributed by atoms with E-state index < -0.39 is 15.6 Å². The molecular weight excluding hydrogens is 364 g/mol. The van der Waals surface area contributed by atoms with Crippen LogP contribution in [0.2, 0.25) is 5.02 Å². The summed E-state index contributed by atoms with van der Waals surface area (Å²) in [4.78, 5) is 24.4. The average molecular weight is 381 g/mol. The Morgan fingerprint density at radius 3 is 2.32 bits per heavy atom. The molecule has 1 aliphatic heterocycles. The van der Waals surface area contributed by atoms with Gasteiger partial charge in [0.15, 0.2) is 5.78 Å². The number of ketones is 1. The molecule has 1 saturated heterocycles. The van der Waals surface area contributed by atoms with Gasteiger partial charge in [-0.2, -0.15) is 4.31 Å². The Morgan fingerprint density at radius 1 is 1.04 bits per heavy atom. The highest BCUT2D eigenvalue weighted by Crippen LogP contribution is 2.20. The number of aromatic nitrogens is 1. The molecule has 6 nitrogen and oxygen atoms in total. The van der Waals surface area contributed by atoms with Crippen LogP contribution in [0.15, 0.2) is 52.3 Å². The van der Waals surface area contributed by atoms with Crippen LogP contribution in [0.25, 0.3) is 0 Å². The third-order valence-electron chi connectivity index (χ3n) is 4.14. The third-order valence-corrected chi connectivity index (χ3v) is 6.27. The summed E-state index contributed by atoms with van der Waals surface area (Å²) in [6, 6.07) is 8.79. The molecular formula is C17H17ClN2O4S. The summed E-state index contributed by atoms with van der Waals surface area (Å²) in [6.07, 6.45) is 2.89. The molecule has 2 heterocycles. The second-order valence-corrected chi connectivity index (χ2v) is 8.25. The molecule has 0 bridgehead atoms. The third kappa shape index (κ3) is 3.84. The Kier molecular flexibility index (Phi) is 5.08. The van der Waals surface area contributed by atoms with E-state index in [0.29, 0.717) is 23.7 Å². The lowest BCUT2D eigenvalue weighted by atomic mass is 10.1. The number of carbonyl (C=O) groups is 1. The van der Waals surface area contributed by atoms with Gasteiger partial charge in [0, 0.05) is 35.9 Å². The van der Waals surface area contributed by atoms with Crippen LogP contribution in [0.1, 0.15) is 23.2 Å². The Morgan fingerprint density at radius 2 is 1.68 bits per heavy atom. The van der Waals surface area contributed by atoms with Crippen LogP contribution >= 0.6 is 11.6 Å². The zero-order valence-electron chi connectivity index (χ0n) is 13.4. The van der Waals surface area contributed by atoms with Gasteiger partial charge in [0.1, 0.15) is 0 Å². The second-order valence-electron chi connectivity index (χ2n) is 5.87. The van der Waals surface area contributed by atoms with Crippen molar-refractivity contribution in [1.29, 1.82) is 0 Å². The van der Waals surface area contributed by atoms with Gasteiger partial charge in [-0.25, -0.2) is 8.42 Å². The van der Waals surface area contributed by atoms with E-state index in [1.165, 1.54) is 22.6 Å². The number of nitrogens with zero attached hydrogens (tertiary/aromatic N) is 2. The van der Waals surface area contributed by atoms with Gasteiger partial charge < -0.3 is 4.57 Å². The van der Waals surface area contributed by atoms with Gasteiger partial charge in [0.05, 0.1) is 11.4 Å². The lowest BCUT2D eigenvalue weighted by molar-refractivity contribution is 0.0970. The number of benzene rings is 1. The highest BCUT2D eigenvalue weighted by atomic mass is 35.5. The van der Waals surface area contributed by atoms with Gasteiger partial charge in [0.2, 0.25) is 10.0 Å². The molecule has 8 heteroatoms. The van der Waals surface area contributed by atoms with Crippen molar-refractivity contribution in [3.8, 4) is 0 Å². The summed E-state index contributed by atoms with van der Waals surface area (Å²) < 4.78 is 27.7. The summed E-state index contributed by atoms with van der Waals surface area (Å²) in [6.45, 7) is 0.722. The van der Waals surface area contributed by atoms with Crippen molar-refractivity contribution in [3.63, 3.8) is 0 Å². The molecule has 25 heavy (non-hydrogen) atoms. The predicted octanol–water partition coefficient (Wildman–Crippen LogP) is 2.17. The zero-order chi connectivity index (χ0) is 18.0. The van der Waals surface area contributed by atoms with E-state index in [9.17, 15) is 18.0 Å². The van der Waals surface area contributed by atoms with Crippen LogP contribution in [0.3, 0.4) is 0 Å². The van der Waals surface area contributed by atoms with Gasteiger partial charge in [-0.1, -0.05) is 11.6 Å². The monoisotopic (exact) mass is 380 g/mol. The van der Waals surface area contributed by atoms with E-state index in [1.807, 2.05) is 0 Å². The number of halogens is 1. The van der Waals surface area contributed by atoms with Crippen molar-refractivity contribution in [3.05, 3.63) is 63.5 Å². The summed E-state index contributed by atoms with van der Waals surface area (Å²) >= 11 is 5.80. The first-order valence-corrected chi connectivity index (χ1v) is 9.69. The van der Waals surface area contributed by atoms with Crippen LogP contribution in [0.4, 0.5) is 0 Å². The van der Waals surface area contributed by atoms with Crippen LogP contribution < -0.4 is 5.56 Å². The molecule has 2 aromatic rings. The molecule has 1 aromatic heterocycles. The SMILES string of the molecule is O=C(Cn1cc(S(=O)(=O)N2CCCC2)ccc1=O)c1ccc(Cl)cc1. The number of rotatable bonds is 5. The van der Waals surface area contributed by atoms with E-state index in [4.69, 9.17) is 11.6 Å². The van der Waals surface area contributed by atoms with Crippen molar-refractivity contribution >= 4 is 27.4 Å². The fourth-order valence-corrected chi connectivity index (χ4v) is 4.41. The topological polar surface area (TPSA) is 76.5 Å². The maximum Gasteiger partial charge on any atom is 0.251 e. The summed E-state index contributed by atoms with van der Waals surface area (Å²) in [5.74, 6) is -0.297. The van der Waals surface area contributed by atoms with E-state index >= 15 is 0 Å². The lowest BCUT2D eigenvalue weighted by Gasteiger charge is -2.16. The van der Waals surface area contributed by atoms with Gasteiger partial charge in [-0.3, -0.25) is 9.59 Å². The molecule has 132 valence electrons. The van der Waals surface area contributed by atoms with Crippen molar-refractivity contribution in [2.75, 3.05) is 13.1 Å².